The second-order valence-corrected chi connectivity index (χ2v) is 7.20. The van der Waals surface area contributed by atoms with E-state index < -0.39 is 0 Å². The zero-order valence-corrected chi connectivity index (χ0v) is 16.7. The van der Waals surface area contributed by atoms with Gasteiger partial charge in [0.25, 0.3) is 0 Å². The molecule has 1 atom stereocenters. The fourth-order valence-electron chi connectivity index (χ4n) is 3.77. The van der Waals surface area contributed by atoms with E-state index >= 15 is 0 Å². The molecule has 2 aliphatic carbocycles. The van der Waals surface area contributed by atoms with Crippen molar-refractivity contribution < 1.29 is 4.74 Å². The molecule has 1 aliphatic heterocycles. The van der Waals surface area contributed by atoms with Gasteiger partial charge in [-0.15, -0.1) is 24.0 Å². The number of hydrogen-bond donors (Lipinski definition) is 2. The zero-order chi connectivity index (χ0) is 15.7. The predicted molar refractivity (Wildman–Crippen MR) is 108 cm³/mol. The summed E-state index contributed by atoms with van der Waals surface area (Å²) < 4.78 is 5.76. The van der Waals surface area contributed by atoms with Gasteiger partial charge in [-0.1, -0.05) is 18.2 Å². The standard InChI is InChI=1S/C19H27N3O.HI/c1-2-20-18(21-13-19(10-11-19)14-7-8-14)22-16-9-12-23-17-6-4-3-5-15(16)17;/h3-6,14,16H,2,7-13H2,1H3,(H2,20,21,22);1H. The van der Waals surface area contributed by atoms with E-state index in [9.17, 15) is 0 Å². The molecule has 5 heteroatoms. The van der Waals surface area contributed by atoms with Gasteiger partial charge in [-0.25, -0.2) is 0 Å². The van der Waals surface area contributed by atoms with Gasteiger partial charge >= 0.3 is 0 Å². The van der Waals surface area contributed by atoms with Gasteiger partial charge in [-0.2, -0.15) is 0 Å². The first-order valence-corrected chi connectivity index (χ1v) is 9.07. The number of halogens is 1. The minimum absolute atomic E-state index is 0. The normalized spacial score (nSPS) is 24.2. The maximum Gasteiger partial charge on any atom is 0.191 e. The number of nitrogens with one attached hydrogen (secondary N) is 2. The summed E-state index contributed by atoms with van der Waals surface area (Å²) >= 11 is 0. The van der Waals surface area contributed by atoms with Crippen molar-refractivity contribution >= 4 is 29.9 Å². The molecule has 132 valence electrons. The summed E-state index contributed by atoms with van der Waals surface area (Å²) in [5.41, 5.74) is 1.79. The number of benzene rings is 1. The van der Waals surface area contributed by atoms with E-state index in [0.717, 1.165) is 43.7 Å². The van der Waals surface area contributed by atoms with Crippen LogP contribution in [0.2, 0.25) is 0 Å². The molecule has 1 unspecified atom stereocenters. The Hall–Kier alpha value is -0.980. The Labute approximate surface area is 161 Å². The molecule has 4 rings (SSSR count). The summed E-state index contributed by atoms with van der Waals surface area (Å²) in [7, 11) is 0. The Morgan fingerprint density at radius 3 is 2.75 bits per heavy atom. The lowest BCUT2D eigenvalue weighted by Crippen LogP contribution is -2.41. The molecule has 1 heterocycles. The molecule has 2 saturated carbocycles. The minimum Gasteiger partial charge on any atom is -0.493 e. The number of para-hydroxylation sites is 1. The first-order valence-electron chi connectivity index (χ1n) is 9.07. The van der Waals surface area contributed by atoms with Crippen LogP contribution in [0.1, 0.15) is 50.6 Å². The lowest BCUT2D eigenvalue weighted by atomic mass is 10.0. The van der Waals surface area contributed by atoms with Crippen LogP contribution in [-0.2, 0) is 0 Å². The highest BCUT2D eigenvalue weighted by atomic mass is 127. The molecule has 0 amide bonds. The number of ether oxygens (including phenoxy) is 1. The van der Waals surface area contributed by atoms with Gasteiger partial charge in [0.2, 0.25) is 0 Å². The van der Waals surface area contributed by atoms with Crippen molar-refractivity contribution in [3.63, 3.8) is 0 Å². The maximum atomic E-state index is 5.76. The second kappa shape index (κ2) is 7.50. The van der Waals surface area contributed by atoms with Crippen molar-refractivity contribution in [1.82, 2.24) is 10.6 Å². The van der Waals surface area contributed by atoms with Crippen molar-refractivity contribution in [2.75, 3.05) is 19.7 Å². The van der Waals surface area contributed by atoms with E-state index in [-0.39, 0.29) is 30.0 Å². The molecule has 2 fully saturated rings. The van der Waals surface area contributed by atoms with Crippen LogP contribution in [0.25, 0.3) is 0 Å². The van der Waals surface area contributed by atoms with E-state index in [0.29, 0.717) is 5.41 Å². The highest BCUT2D eigenvalue weighted by molar-refractivity contribution is 14.0. The lowest BCUT2D eigenvalue weighted by molar-refractivity contribution is 0.261. The van der Waals surface area contributed by atoms with Gasteiger partial charge in [-0.05, 0) is 50.0 Å². The van der Waals surface area contributed by atoms with Crippen molar-refractivity contribution in [1.29, 1.82) is 0 Å². The summed E-state index contributed by atoms with van der Waals surface area (Å²) in [6.45, 7) is 4.77. The van der Waals surface area contributed by atoms with Crippen LogP contribution in [0, 0.1) is 11.3 Å². The monoisotopic (exact) mass is 441 g/mol. The Kier molecular flexibility index (Phi) is 5.57. The molecule has 0 saturated heterocycles. The average Bonchev–Trinajstić information content (AvgIpc) is 3.47. The topological polar surface area (TPSA) is 45.7 Å². The quantitative estimate of drug-likeness (QED) is 0.414. The minimum atomic E-state index is 0. The Morgan fingerprint density at radius 2 is 2.04 bits per heavy atom. The first kappa shape index (κ1) is 17.8. The van der Waals surface area contributed by atoms with Crippen LogP contribution in [0.3, 0.4) is 0 Å². The summed E-state index contributed by atoms with van der Waals surface area (Å²) in [4.78, 5) is 4.93. The van der Waals surface area contributed by atoms with Crippen LogP contribution in [-0.4, -0.2) is 25.7 Å². The fourth-order valence-corrected chi connectivity index (χ4v) is 3.77. The van der Waals surface area contributed by atoms with Crippen LogP contribution >= 0.6 is 24.0 Å². The van der Waals surface area contributed by atoms with E-state index in [1.807, 2.05) is 6.07 Å². The van der Waals surface area contributed by atoms with Crippen LogP contribution in [0.5, 0.6) is 5.75 Å². The van der Waals surface area contributed by atoms with Gasteiger partial charge < -0.3 is 15.4 Å². The van der Waals surface area contributed by atoms with Gasteiger partial charge in [0.15, 0.2) is 5.96 Å². The maximum absolute atomic E-state index is 5.76. The molecule has 2 N–H and O–H groups in total. The SMILES string of the molecule is CCNC(=NCC1(C2CC2)CC1)NC1CCOc2ccccc21.I. The van der Waals surface area contributed by atoms with E-state index in [2.05, 4.69) is 35.8 Å². The molecular weight excluding hydrogens is 413 g/mol. The van der Waals surface area contributed by atoms with Crippen LogP contribution < -0.4 is 15.4 Å². The Balaban J connectivity index is 0.00000169. The summed E-state index contributed by atoms with van der Waals surface area (Å²) in [5.74, 6) is 2.92. The zero-order valence-electron chi connectivity index (χ0n) is 14.4. The highest BCUT2D eigenvalue weighted by Gasteiger charge is 2.53. The van der Waals surface area contributed by atoms with Crippen molar-refractivity contribution in [2.24, 2.45) is 16.3 Å². The van der Waals surface area contributed by atoms with Gasteiger partial charge in [0.05, 0.1) is 12.6 Å². The van der Waals surface area contributed by atoms with Gasteiger partial charge in [-0.3, -0.25) is 4.99 Å². The number of fused-ring (bicyclic) bond motifs is 1. The number of guanidine groups is 1. The van der Waals surface area contributed by atoms with E-state index in [1.165, 1.54) is 31.2 Å². The predicted octanol–water partition coefficient (Wildman–Crippen LogP) is 3.87. The Morgan fingerprint density at radius 1 is 1.25 bits per heavy atom. The summed E-state index contributed by atoms with van der Waals surface area (Å²) in [6, 6.07) is 8.61. The number of aliphatic imine (C=N–C) groups is 1. The largest absolute Gasteiger partial charge is 0.493 e. The van der Waals surface area contributed by atoms with Crippen LogP contribution in [0.15, 0.2) is 29.3 Å². The van der Waals surface area contributed by atoms with E-state index in [4.69, 9.17) is 9.73 Å². The fraction of sp³-hybridized carbons (Fsp3) is 0.632. The molecule has 1 aromatic rings. The summed E-state index contributed by atoms with van der Waals surface area (Å²) in [6.07, 6.45) is 6.58. The molecule has 4 nitrogen and oxygen atoms in total. The third-order valence-electron chi connectivity index (χ3n) is 5.50. The Bertz CT molecular complexity index is 596. The first-order chi connectivity index (χ1) is 11.3. The second-order valence-electron chi connectivity index (χ2n) is 7.20. The molecule has 0 bridgehead atoms. The van der Waals surface area contributed by atoms with Crippen molar-refractivity contribution in [2.45, 2.75) is 45.1 Å². The number of hydrogen-bond acceptors (Lipinski definition) is 2. The van der Waals surface area contributed by atoms with Crippen molar-refractivity contribution in [3.8, 4) is 5.75 Å². The molecule has 3 aliphatic rings. The molecule has 24 heavy (non-hydrogen) atoms. The third-order valence-corrected chi connectivity index (χ3v) is 5.50. The van der Waals surface area contributed by atoms with Crippen molar-refractivity contribution in [3.05, 3.63) is 29.8 Å². The highest BCUT2D eigenvalue weighted by Crippen LogP contribution is 2.61. The average molecular weight is 441 g/mol. The number of rotatable bonds is 5. The summed E-state index contributed by atoms with van der Waals surface area (Å²) in [5, 5.41) is 7.05. The lowest BCUT2D eigenvalue weighted by Gasteiger charge is -2.28. The smallest absolute Gasteiger partial charge is 0.191 e. The molecule has 1 aromatic carbocycles. The van der Waals surface area contributed by atoms with Gasteiger partial charge in [0.1, 0.15) is 5.75 Å². The van der Waals surface area contributed by atoms with Crippen LogP contribution in [0.4, 0.5) is 0 Å². The molecule has 0 spiro atoms. The molecular formula is C19H28IN3O. The van der Waals surface area contributed by atoms with E-state index in [1.54, 1.807) is 0 Å². The van der Waals surface area contributed by atoms with Gasteiger partial charge in [0, 0.05) is 25.1 Å². The third kappa shape index (κ3) is 3.81. The molecule has 0 radical (unpaired) electrons. The molecule has 0 aromatic heterocycles. The number of nitrogens with zero attached hydrogens (tertiary/aromatic N) is 1.